The van der Waals surface area contributed by atoms with Gasteiger partial charge in [-0.2, -0.15) is 0 Å². The number of carbonyl (C=O) groups is 1. The van der Waals surface area contributed by atoms with Crippen LogP contribution in [0.25, 0.3) is 10.6 Å². The molecule has 1 atom stereocenters. The summed E-state index contributed by atoms with van der Waals surface area (Å²) in [5.41, 5.74) is 1.36. The molecule has 1 aromatic carbocycles. The fourth-order valence-corrected chi connectivity index (χ4v) is 4.10. The Morgan fingerprint density at radius 2 is 2.00 bits per heavy atom. The van der Waals surface area contributed by atoms with Crippen LogP contribution < -0.4 is 14.8 Å². The van der Waals surface area contributed by atoms with Gasteiger partial charge in [0.05, 0.1) is 14.2 Å². The summed E-state index contributed by atoms with van der Waals surface area (Å²) in [6.45, 7) is 6.24. The summed E-state index contributed by atoms with van der Waals surface area (Å²) in [6.07, 6.45) is 2.58. The Bertz CT molecular complexity index is 772. The summed E-state index contributed by atoms with van der Waals surface area (Å²) in [7, 11) is 3.21. The topological polar surface area (TPSA) is 63.7 Å². The van der Waals surface area contributed by atoms with Crippen LogP contribution in [0.4, 0.5) is 0 Å². The smallest absolute Gasteiger partial charge is 0.270 e. The van der Waals surface area contributed by atoms with Gasteiger partial charge < -0.3 is 19.7 Å². The first-order valence-corrected chi connectivity index (χ1v) is 10.2. The van der Waals surface area contributed by atoms with Crippen LogP contribution in [0.1, 0.15) is 30.3 Å². The molecule has 1 N–H and O–H groups in total. The van der Waals surface area contributed by atoms with Crippen molar-refractivity contribution >= 4 is 17.2 Å². The quantitative estimate of drug-likeness (QED) is 0.751. The Hall–Kier alpha value is -2.12. The molecule has 146 valence electrons. The van der Waals surface area contributed by atoms with E-state index in [1.54, 1.807) is 19.6 Å². The summed E-state index contributed by atoms with van der Waals surface area (Å²) in [5.74, 6) is 1.62. The van der Waals surface area contributed by atoms with E-state index >= 15 is 0 Å². The highest BCUT2D eigenvalue weighted by atomic mass is 32.1. The molecule has 6 nitrogen and oxygen atoms in total. The van der Waals surface area contributed by atoms with Gasteiger partial charge in [-0.15, -0.1) is 11.3 Å². The first kappa shape index (κ1) is 19.6. The third-order valence-corrected chi connectivity index (χ3v) is 5.64. The van der Waals surface area contributed by atoms with Gasteiger partial charge in [0.25, 0.3) is 5.91 Å². The van der Waals surface area contributed by atoms with E-state index < -0.39 is 0 Å². The average Bonchev–Trinajstić information content (AvgIpc) is 3.37. The van der Waals surface area contributed by atoms with Crippen molar-refractivity contribution in [2.45, 2.75) is 19.8 Å². The summed E-state index contributed by atoms with van der Waals surface area (Å²) >= 11 is 1.45. The third kappa shape index (κ3) is 4.99. The number of aromatic nitrogens is 1. The van der Waals surface area contributed by atoms with E-state index in [1.165, 1.54) is 37.3 Å². The van der Waals surface area contributed by atoms with Gasteiger partial charge in [0.15, 0.2) is 11.5 Å². The number of nitrogens with one attached hydrogen (secondary N) is 1. The second kappa shape index (κ2) is 9.19. The van der Waals surface area contributed by atoms with E-state index in [0.717, 1.165) is 17.1 Å². The van der Waals surface area contributed by atoms with Crippen LogP contribution in [-0.4, -0.2) is 56.2 Å². The number of carbonyl (C=O) groups excluding carboxylic acids is 1. The molecule has 2 aromatic rings. The van der Waals surface area contributed by atoms with Crippen LogP contribution in [0.5, 0.6) is 11.5 Å². The number of thiazole rings is 1. The largest absolute Gasteiger partial charge is 0.493 e. The number of methoxy groups -OCH3 is 2. The third-order valence-electron chi connectivity index (χ3n) is 4.75. The lowest BCUT2D eigenvalue weighted by molar-refractivity contribution is 0.0941. The monoisotopic (exact) mass is 389 g/mol. The molecule has 0 radical (unpaired) electrons. The highest BCUT2D eigenvalue weighted by molar-refractivity contribution is 7.13. The van der Waals surface area contributed by atoms with E-state index in [-0.39, 0.29) is 5.91 Å². The molecule has 1 saturated heterocycles. The maximum absolute atomic E-state index is 12.4. The number of likely N-dealkylation sites (tertiary alicyclic amines) is 1. The van der Waals surface area contributed by atoms with Gasteiger partial charge in [-0.25, -0.2) is 4.98 Å². The zero-order chi connectivity index (χ0) is 19.2. The Kier molecular flexibility index (Phi) is 6.68. The average molecular weight is 390 g/mol. The minimum absolute atomic E-state index is 0.119. The van der Waals surface area contributed by atoms with Gasteiger partial charge in [0, 0.05) is 24.0 Å². The van der Waals surface area contributed by atoms with Gasteiger partial charge >= 0.3 is 0 Å². The molecule has 7 heteroatoms. The minimum Gasteiger partial charge on any atom is -0.493 e. The molecule has 1 fully saturated rings. The molecule has 0 aliphatic carbocycles. The standard InChI is InChI=1S/C20H27N3O3S/c1-14(12-23-8-4-5-9-23)11-21-19(24)16-13-27-20(22-16)15-6-7-17(25-2)18(10-15)26-3/h6-7,10,13-14H,4-5,8-9,11-12H2,1-3H3,(H,21,24). The van der Waals surface area contributed by atoms with Crippen molar-refractivity contribution in [2.24, 2.45) is 5.92 Å². The molecule has 1 aliphatic rings. The maximum atomic E-state index is 12.4. The predicted octanol–water partition coefficient (Wildman–Crippen LogP) is 3.29. The van der Waals surface area contributed by atoms with Crippen LogP contribution in [0.2, 0.25) is 0 Å². The highest BCUT2D eigenvalue weighted by Crippen LogP contribution is 2.33. The Balaban J connectivity index is 1.58. The first-order valence-electron chi connectivity index (χ1n) is 9.29. The summed E-state index contributed by atoms with van der Waals surface area (Å²) in [4.78, 5) is 19.4. The second-order valence-corrected chi connectivity index (χ2v) is 7.79. The fourth-order valence-electron chi connectivity index (χ4n) is 3.31. The Morgan fingerprint density at radius 3 is 2.70 bits per heavy atom. The number of ether oxygens (including phenoxy) is 2. The highest BCUT2D eigenvalue weighted by Gasteiger charge is 2.17. The van der Waals surface area contributed by atoms with Gasteiger partial charge in [-0.1, -0.05) is 6.92 Å². The van der Waals surface area contributed by atoms with Crippen molar-refractivity contribution in [1.82, 2.24) is 15.2 Å². The molecule has 2 heterocycles. The van der Waals surface area contributed by atoms with Gasteiger partial charge in [0.2, 0.25) is 0 Å². The number of hydrogen-bond acceptors (Lipinski definition) is 6. The molecule has 1 unspecified atom stereocenters. The molecular weight excluding hydrogens is 362 g/mol. The molecule has 3 rings (SSSR count). The van der Waals surface area contributed by atoms with E-state index in [2.05, 4.69) is 22.1 Å². The zero-order valence-corrected chi connectivity index (χ0v) is 17.0. The van der Waals surface area contributed by atoms with Crippen molar-refractivity contribution in [3.63, 3.8) is 0 Å². The van der Waals surface area contributed by atoms with Crippen molar-refractivity contribution in [1.29, 1.82) is 0 Å². The maximum Gasteiger partial charge on any atom is 0.270 e. The predicted molar refractivity (Wildman–Crippen MR) is 108 cm³/mol. The Morgan fingerprint density at radius 1 is 1.26 bits per heavy atom. The summed E-state index contributed by atoms with van der Waals surface area (Å²) < 4.78 is 10.6. The number of benzene rings is 1. The lowest BCUT2D eigenvalue weighted by Gasteiger charge is -2.20. The molecule has 27 heavy (non-hydrogen) atoms. The van der Waals surface area contributed by atoms with Crippen molar-refractivity contribution in [3.05, 3.63) is 29.3 Å². The van der Waals surface area contributed by atoms with E-state index in [0.29, 0.717) is 29.7 Å². The minimum atomic E-state index is -0.119. The Labute approximate surface area is 164 Å². The van der Waals surface area contributed by atoms with Crippen LogP contribution in [0, 0.1) is 5.92 Å². The van der Waals surface area contributed by atoms with Gasteiger partial charge in [0.1, 0.15) is 10.7 Å². The van der Waals surface area contributed by atoms with Gasteiger partial charge in [-0.05, 0) is 50.0 Å². The normalized spacial score (nSPS) is 15.5. The lowest BCUT2D eigenvalue weighted by atomic mass is 10.1. The summed E-state index contributed by atoms with van der Waals surface area (Å²) in [6, 6.07) is 5.63. The fraction of sp³-hybridized carbons (Fsp3) is 0.500. The second-order valence-electron chi connectivity index (χ2n) is 6.93. The molecule has 0 saturated carbocycles. The number of nitrogens with zero attached hydrogens (tertiary/aromatic N) is 2. The summed E-state index contributed by atoms with van der Waals surface area (Å²) in [5, 5.41) is 5.59. The van der Waals surface area contributed by atoms with E-state index in [1.807, 2.05) is 18.2 Å². The van der Waals surface area contributed by atoms with Crippen LogP contribution in [0.3, 0.4) is 0 Å². The number of hydrogen-bond donors (Lipinski definition) is 1. The van der Waals surface area contributed by atoms with E-state index in [9.17, 15) is 4.79 Å². The SMILES string of the molecule is COc1ccc(-c2nc(C(=O)NCC(C)CN3CCCC3)cs2)cc1OC. The van der Waals surface area contributed by atoms with Crippen LogP contribution in [0.15, 0.2) is 23.6 Å². The van der Waals surface area contributed by atoms with Crippen molar-refractivity contribution in [2.75, 3.05) is 40.4 Å². The molecule has 1 aliphatic heterocycles. The van der Waals surface area contributed by atoms with E-state index in [4.69, 9.17) is 9.47 Å². The molecule has 1 amide bonds. The van der Waals surface area contributed by atoms with Crippen LogP contribution >= 0.6 is 11.3 Å². The van der Waals surface area contributed by atoms with Crippen molar-refractivity contribution in [3.8, 4) is 22.1 Å². The lowest BCUT2D eigenvalue weighted by Crippen LogP contribution is -2.34. The molecular formula is C20H27N3O3S. The van der Waals surface area contributed by atoms with Crippen molar-refractivity contribution < 1.29 is 14.3 Å². The number of rotatable bonds is 8. The number of amides is 1. The zero-order valence-electron chi connectivity index (χ0n) is 16.2. The van der Waals surface area contributed by atoms with Crippen LogP contribution in [-0.2, 0) is 0 Å². The molecule has 0 spiro atoms. The first-order chi connectivity index (χ1) is 13.1. The van der Waals surface area contributed by atoms with Gasteiger partial charge in [-0.3, -0.25) is 4.79 Å². The molecule has 1 aromatic heterocycles. The molecule has 0 bridgehead atoms.